The molecule has 0 aliphatic rings. The summed E-state index contributed by atoms with van der Waals surface area (Å²) < 4.78 is 22.1. The summed E-state index contributed by atoms with van der Waals surface area (Å²) in [6, 6.07) is 4.86. The fourth-order valence-electron chi connectivity index (χ4n) is 2.98. The molecule has 2 rings (SSSR count). The average Bonchev–Trinajstić information content (AvgIpc) is 2.79. The van der Waals surface area contributed by atoms with Crippen molar-refractivity contribution < 1.29 is 28.5 Å². The maximum atomic E-state index is 13.0. The number of Topliss-reactive ketones (excluding diaryl/α,β-unsaturated/α-hetero) is 1. The number of ether oxygens (including phenoxy) is 4. The fraction of sp³-hybridized carbons (Fsp3) is 0.417. The quantitative estimate of drug-likeness (QED) is 0.244. The number of carbonyl (C=O) groups excluding carboxylic acids is 2. The van der Waals surface area contributed by atoms with Crippen molar-refractivity contribution in [3.63, 3.8) is 0 Å². The van der Waals surface area contributed by atoms with Gasteiger partial charge in [0.05, 0.1) is 37.1 Å². The highest BCUT2D eigenvalue weighted by molar-refractivity contribution is 6.35. The number of azo groups is 1. The Labute approximate surface area is 214 Å². The summed E-state index contributed by atoms with van der Waals surface area (Å²) >= 11 is 12.7. The highest BCUT2D eigenvalue weighted by Gasteiger charge is 2.25. The van der Waals surface area contributed by atoms with Crippen LogP contribution in [0.25, 0.3) is 0 Å². The molecule has 0 fully saturated rings. The Kier molecular flexibility index (Phi) is 11.1. The summed E-state index contributed by atoms with van der Waals surface area (Å²) in [6.07, 6.45) is 0. The first-order valence-corrected chi connectivity index (χ1v) is 11.9. The molecule has 9 nitrogen and oxygen atoms in total. The van der Waals surface area contributed by atoms with E-state index in [0.29, 0.717) is 43.7 Å². The third-order valence-corrected chi connectivity index (χ3v) is 5.06. The van der Waals surface area contributed by atoms with Crippen LogP contribution in [0.5, 0.6) is 23.0 Å². The standard InChI is InChI=1S/C24H29Cl2N3O6/c1-6-32-15-10-17(25)23(35-9-4)19(12-15)28-29-22(14(5)30)24(31)27-18-11-16(33-7-2)13-20(21(18)26)34-8-3/h10-13,22H,6-9H2,1-5H3,(H,27,31). The fourth-order valence-corrected chi connectivity index (χ4v) is 3.45. The van der Waals surface area contributed by atoms with Crippen LogP contribution >= 0.6 is 23.2 Å². The van der Waals surface area contributed by atoms with Gasteiger partial charge in [-0.25, -0.2) is 0 Å². The molecule has 1 unspecified atom stereocenters. The van der Waals surface area contributed by atoms with E-state index >= 15 is 0 Å². The molecule has 0 spiro atoms. The van der Waals surface area contributed by atoms with Crippen LogP contribution < -0.4 is 24.3 Å². The Morgan fingerprint density at radius 2 is 1.49 bits per heavy atom. The van der Waals surface area contributed by atoms with E-state index in [2.05, 4.69) is 15.5 Å². The number of anilines is 1. The van der Waals surface area contributed by atoms with Gasteiger partial charge in [0.1, 0.15) is 28.0 Å². The molecule has 0 aliphatic carbocycles. The van der Waals surface area contributed by atoms with Gasteiger partial charge >= 0.3 is 0 Å². The van der Waals surface area contributed by atoms with Crippen LogP contribution in [0.15, 0.2) is 34.5 Å². The first-order chi connectivity index (χ1) is 16.7. The molecule has 0 radical (unpaired) electrons. The summed E-state index contributed by atoms with van der Waals surface area (Å²) in [5.74, 6) is 0.225. The molecule has 0 aliphatic heterocycles. The molecule has 1 amide bonds. The van der Waals surface area contributed by atoms with Gasteiger partial charge in [0.25, 0.3) is 5.91 Å². The second kappa shape index (κ2) is 13.7. The van der Waals surface area contributed by atoms with Crippen LogP contribution in [0.2, 0.25) is 10.0 Å². The Morgan fingerprint density at radius 3 is 2.06 bits per heavy atom. The molecule has 0 bridgehead atoms. The summed E-state index contributed by atoms with van der Waals surface area (Å²) in [7, 11) is 0. The smallest absolute Gasteiger partial charge is 0.258 e. The van der Waals surface area contributed by atoms with Crippen molar-refractivity contribution in [1.29, 1.82) is 0 Å². The number of hydrogen-bond acceptors (Lipinski definition) is 8. The predicted octanol–water partition coefficient (Wildman–Crippen LogP) is 6.27. The molecule has 190 valence electrons. The Morgan fingerprint density at radius 1 is 0.886 bits per heavy atom. The van der Waals surface area contributed by atoms with Gasteiger partial charge < -0.3 is 24.3 Å². The van der Waals surface area contributed by atoms with Crippen molar-refractivity contribution >= 4 is 46.3 Å². The van der Waals surface area contributed by atoms with E-state index in [9.17, 15) is 9.59 Å². The van der Waals surface area contributed by atoms with Crippen molar-refractivity contribution in [3.8, 4) is 23.0 Å². The lowest BCUT2D eigenvalue weighted by atomic mass is 10.2. The number of nitrogens with one attached hydrogen (secondary N) is 1. The number of rotatable bonds is 13. The first-order valence-electron chi connectivity index (χ1n) is 11.2. The number of amides is 1. The number of halogens is 2. The van der Waals surface area contributed by atoms with E-state index in [1.54, 1.807) is 38.1 Å². The Balaban J connectivity index is 2.39. The zero-order valence-corrected chi connectivity index (χ0v) is 21.8. The maximum Gasteiger partial charge on any atom is 0.258 e. The number of carbonyl (C=O) groups is 2. The van der Waals surface area contributed by atoms with E-state index in [1.807, 2.05) is 13.8 Å². The van der Waals surface area contributed by atoms with Crippen LogP contribution in [0.1, 0.15) is 34.6 Å². The molecule has 0 saturated carbocycles. The molecular formula is C24H29Cl2N3O6. The zero-order valence-electron chi connectivity index (χ0n) is 20.3. The first kappa shape index (κ1) is 28.2. The molecule has 35 heavy (non-hydrogen) atoms. The van der Waals surface area contributed by atoms with Gasteiger partial charge in [0, 0.05) is 24.3 Å². The highest BCUT2D eigenvalue weighted by atomic mass is 35.5. The molecule has 1 N–H and O–H groups in total. The van der Waals surface area contributed by atoms with Gasteiger partial charge in [-0.2, -0.15) is 10.2 Å². The Hall–Kier alpha value is -3.04. The molecule has 0 aromatic heterocycles. The predicted molar refractivity (Wildman–Crippen MR) is 135 cm³/mol. The molecule has 0 heterocycles. The molecule has 11 heteroatoms. The minimum absolute atomic E-state index is 0.165. The molecule has 1 atom stereocenters. The molecule has 2 aromatic carbocycles. The highest BCUT2D eigenvalue weighted by Crippen LogP contribution is 2.40. The maximum absolute atomic E-state index is 13.0. The van der Waals surface area contributed by atoms with Crippen LogP contribution in [0.4, 0.5) is 11.4 Å². The number of benzene rings is 2. The number of nitrogens with zero attached hydrogens (tertiary/aromatic N) is 2. The minimum atomic E-state index is -1.46. The summed E-state index contributed by atoms with van der Waals surface area (Å²) in [6.45, 7) is 9.96. The summed E-state index contributed by atoms with van der Waals surface area (Å²) in [5, 5.41) is 11.1. The summed E-state index contributed by atoms with van der Waals surface area (Å²) in [5.41, 5.74) is 0.431. The van der Waals surface area contributed by atoms with Gasteiger partial charge in [0.2, 0.25) is 6.04 Å². The van der Waals surface area contributed by atoms with E-state index in [4.69, 9.17) is 42.1 Å². The van der Waals surface area contributed by atoms with Crippen molar-refractivity contribution in [1.82, 2.24) is 0 Å². The largest absolute Gasteiger partial charge is 0.494 e. The minimum Gasteiger partial charge on any atom is -0.494 e. The molecule has 0 saturated heterocycles. The van der Waals surface area contributed by atoms with Crippen LogP contribution in [-0.4, -0.2) is 44.2 Å². The number of hydrogen-bond donors (Lipinski definition) is 1. The van der Waals surface area contributed by atoms with E-state index in [1.165, 1.54) is 6.92 Å². The van der Waals surface area contributed by atoms with E-state index < -0.39 is 17.7 Å². The third-order valence-electron chi connectivity index (χ3n) is 4.39. The molecular weight excluding hydrogens is 497 g/mol. The van der Waals surface area contributed by atoms with E-state index in [0.717, 1.165) is 0 Å². The monoisotopic (exact) mass is 525 g/mol. The number of ketones is 1. The lowest BCUT2D eigenvalue weighted by Crippen LogP contribution is -2.32. The molecule has 2 aromatic rings. The SMILES string of the molecule is CCOc1cc(Cl)c(OCC)c(N=NC(C(C)=O)C(=O)Nc2cc(OCC)cc(OCC)c2Cl)c1. The van der Waals surface area contributed by atoms with Crippen LogP contribution in [-0.2, 0) is 9.59 Å². The normalized spacial score (nSPS) is 11.7. The van der Waals surface area contributed by atoms with Crippen molar-refractivity contribution in [2.45, 2.75) is 40.7 Å². The third kappa shape index (κ3) is 7.73. The zero-order chi connectivity index (χ0) is 26.0. The van der Waals surface area contributed by atoms with Gasteiger partial charge in [-0.05, 0) is 34.6 Å². The van der Waals surface area contributed by atoms with Crippen molar-refractivity contribution in [2.24, 2.45) is 10.2 Å². The van der Waals surface area contributed by atoms with Gasteiger partial charge in [-0.3, -0.25) is 9.59 Å². The second-order valence-corrected chi connectivity index (χ2v) is 7.77. The van der Waals surface area contributed by atoms with Crippen molar-refractivity contribution in [2.75, 3.05) is 31.7 Å². The van der Waals surface area contributed by atoms with Gasteiger partial charge in [-0.15, -0.1) is 0 Å². The van der Waals surface area contributed by atoms with Crippen LogP contribution in [0.3, 0.4) is 0 Å². The Bertz CT molecular complexity index is 1080. The lowest BCUT2D eigenvalue weighted by molar-refractivity contribution is -0.126. The summed E-state index contributed by atoms with van der Waals surface area (Å²) in [4.78, 5) is 25.3. The lowest BCUT2D eigenvalue weighted by Gasteiger charge is -2.16. The van der Waals surface area contributed by atoms with Crippen LogP contribution in [0, 0.1) is 0 Å². The average molecular weight is 526 g/mol. The van der Waals surface area contributed by atoms with Gasteiger partial charge in [0.15, 0.2) is 11.5 Å². The topological polar surface area (TPSA) is 108 Å². The van der Waals surface area contributed by atoms with E-state index in [-0.39, 0.29) is 27.2 Å². The second-order valence-electron chi connectivity index (χ2n) is 6.99. The van der Waals surface area contributed by atoms with Gasteiger partial charge in [-0.1, -0.05) is 23.2 Å². The van der Waals surface area contributed by atoms with Crippen molar-refractivity contribution in [3.05, 3.63) is 34.3 Å².